The SMILES string of the molecule is CN1CCC(CNc2cc(Br)ccc2C(F)(F)F)C1. The first-order valence-corrected chi connectivity index (χ1v) is 6.94. The van der Waals surface area contributed by atoms with E-state index in [0.29, 0.717) is 16.9 Å². The summed E-state index contributed by atoms with van der Waals surface area (Å²) in [6.45, 7) is 2.52. The number of hydrogen-bond donors (Lipinski definition) is 1. The Kier molecular flexibility index (Phi) is 4.40. The van der Waals surface area contributed by atoms with Gasteiger partial charge in [-0.2, -0.15) is 13.2 Å². The highest BCUT2D eigenvalue weighted by Gasteiger charge is 2.33. The van der Waals surface area contributed by atoms with Crippen LogP contribution in [0.3, 0.4) is 0 Å². The molecule has 0 bridgehead atoms. The largest absolute Gasteiger partial charge is 0.418 e. The first kappa shape index (κ1) is 14.7. The molecule has 1 unspecified atom stereocenters. The Balaban J connectivity index is 2.08. The molecule has 0 spiro atoms. The van der Waals surface area contributed by atoms with E-state index in [4.69, 9.17) is 0 Å². The van der Waals surface area contributed by atoms with E-state index in [1.54, 1.807) is 0 Å². The third-order valence-electron chi connectivity index (χ3n) is 3.36. The second-order valence-electron chi connectivity index (χ2n) is 4.99. The van der Waals surface area contributed by atoms with E-state index in [1.165, 1.54) is 12.1 Å². The quantitative estimate of drug-likeness (QED) is 0.902. The minimum atomic E-state index is -4.32. The van der Waals surface area contributed by atoms with Gasteiger partial charge in [-0.1, -0.05) is 15.9 Å². The summed E-state index contributed by atoms with van der Waals surface area (Å²) in [6.07, 6.45) is -3.30. The first-order valence-electron chi connectivity index (χ1n) is 6.15. The summed E-state index contributed by atoms with van der Waals surface area (Å²) in [5, 5.41) is 2.95. The average molecular weight is 337 g/mol. The van der Waals surface area contributed by atoms with Gasteiger partial charge in [0.25, 0.3) is 0 Å². The molecule has 106 valence electrons. The maximum absolute atomic E-state index is 12.9. The third-order valence-corrected chi connectivity index (χ3v) is 3.85. The molecule has 1 aromatic rings. The number of benzene rings is 1. The van der Waals surface area contributed by atoms with Gasteiger partial charge in [-0.25, -0.2) is 0 Å². The molecule has 2 rings (SSSR count). The number of likely N-dealkylation sites (tertiary alicyclic amines) is 1. The summed E-state index contributed by atoms with van der Waals surface area (Å²) in [7, 11) is 2.03. The van der Waals surface area contributed by atoms with Crippen LogP contribution >= 0.6 is 15.9 Å². The number of rotatable bonds is 3. The van der Waals surface area contributed by atoms with Crippen molar-refractivity contribution in [3.8, 4) is 0 Å². The Labute approximate surface area is 119 Å². The molecule has 2 nitrogen and oxygen atoms in total. The van der Waals surface area contributed by atoms with Crippen LogP contribution in [0.25, 0.3) is 0 Å². The summed E-state index contributed by atoms with van der Waals surface area (Å²) in [5.74, 6) is 0.407. The van der Waals surface area contributed by atoms with Crippen LogP contribution in [0.5, 0.6) is 0 Å². The van der Waals surface area contributed by atoms with Crippen LogP contribution < -0.4 is 5.32 Å². The van der Waals surface area contributed by atoms with Crippen LogP contribution in [-0.2, 0) is 6.18 Å². The smallest absolute Gasteiger partial charge is 0.384 e. The fourth-order valence-electron chi connectivity index (χ4n) is 2.36. The van der Waals surface area contributed by atoms with Gasteiger partial charge in [0.2, 0.25) is 0 Å². The summed E-state index contributed by atoms with van der Waals surface area (Å²) >= 11 is 3.21. The van der Waals surface area contributed by atoms with Crippen molar-refractivity contribution in [1.82, 2.24) is 4.90 Å². The molecule has 19 heavy (non-hydrogen) atoms. The molecule has 1 atom stereocenters. The first-order chi connectivity index (χ1) is 8.86. The predicted molar refractivity (Wildman–Crippen MR) is 73.2 cm³/mol. The summed E-state index contributed by atoms with van der Waals surface area (Å²) < 4.78 is 39.3. The second kappa shape index (κ2) is 5.71. The topological polar surface area (TPSA) is 15.3 Å². The zero-order chi connectivity index (χ0) is 14.0. The molecule has 1 aliphatic heterocycles. The average Bonchev–Trinajstić information content (AvgIpc) is 2.71. The van der Waals surface area contributed by atoms with Gasteiger partial charge >= 0.3 is 6.18 Å². The molecule has 1 N–H and O–H groups in total. The lowest BCUT2D eigenvalue weighted by atomic mass is 10.1. The van der Waals surface area contributed by atoms with Crippen LogP contribution in [0.4, 0.5) is 18.9 Å². The molecule has 1 aliphatic rings. The summed E-state index contributed by atoms with van der Waals surface area (Å²) in [5.41, 5.74) is -0.460. The van der Waals surface area contributed by atoms with Gasteiger partial charge in [-0.05, 0) is 44.1 Å². The molecular formula is C13H16BrF3N2. The van der Waals surface area contributed by atoms with E-state index < -0.39 is 11.7 Å². The van der Waals surface area contributed by atoms with E-state index in [-0.39, 0.29) is 5.69 Å². The second-order valence-corrected chi connectivity index (χ2v) is 5.90. The Bertz CT molecular complexity index is 448. The normalized spacial score (nSPS) is 20.8. The van der Waals surface area contributed by atoms with Crippen molar-refractivity contribution in [2.75, 3.05) is 32.0 Å². The number of hydrogen-bond acceptors (Lipinski definition) is 2. The highest BCUT2D eigenvalue weighted by atomic mass is 79.9. The Hall–Kier alpha value is -0.750. The predicted octanol–water partition coefficient (Wildman–Crippen LogP) is 3.83. The van der Waals surface area contributed by atoms with Crippen LogP contribution in [0.2, 0.25) is 0 Å². The van der Waals surface area contributed by atoms with Gasteiger partial charge in [0.15, 0.2) is 0 Å². The molecule has 1 aromatic carbocycles. The van der Waals surface area contributed by atoms with Gasteiger partial charge in [0.05, 0.1) is 5.56 Å². The molecule has 0 aliphatic carbocycles. The zero-order valence-corrected chi connectivity index (χ0v) is 12.2. The highest BCUT2D eigenvalue weighted by Crippen LogP contribution is 2.36. The molecule has 0 saturated carbocycles. The Morgan fingerprint density at radius 2 is 2.16 bits per heavy atom. The number of anilines is 1. The summed E-state index contributed by atoms with van der Waals surface area (Å²) in [4.78, 5) is 2.19. The molecule has 0 radical (unpaired) electrons. The van der Waals surface area contributed by atoms with Gasteiger partial charge in [0.1, 0.15) is 0 Å². The Morgan fingerprint density at radius 1 is 1.42 bits per heavy atom. The number of nitrogens with one attached hydrogen (secondary N) is 1. The van der Waals surface area contributed by atoms with E-state index in [0.717, 1.165) is 25.6 Å². The number of halogens is 4. The third kappa shape index (κ3) is 3.86. The molecule has 1 heterocycles. The lowest BCUT2D eigenvalue weighted by Crippen LogP contribution is -2.20. The standard InChI is InChI=1S/C13H16BrF3N2/c1-19-5-4-9(8-19)7-18-12-6-10(14)2-3-11(12)13(15,16)17/h2-3,6,9,18H,4-5,7-8H2,1H3. The maximum Gasteiger partial charge on any atom is 0.418 e. The van der Waals surface area contributed by atoms with E-state index >= 15 is 0 Å². The summed E-state index contributed by atoms with van der Waals surface area (Å²) in [6, 6.07) is 4.01. The van der Waals surface area contributed by atoms with Gasteiger partial charge in [-0.15, -0.1) is 0 Å². The van der Waals surface area contributed by atoms with Crippen LogP contribution in [0.1, 0.15) is 12.0 Å². The number of nitrogens with zero attached hydrogens (tertiary/aromatic N) is 1. The molecule has 6 heteroatoms. The lowest BCUT2D eigenvalue weighted by molar-refractivity contribution is -0.137. The molecule has 0 aromatic heterocycles. The fourth-order valence-corrected chi connectivity index (χ4v) is 2.72. The maximum atomic E-state index is 12.9. The highest BCUT2D eigenvalue weighted by molar-refractivity contribution is 9.10. The molecule has 1 fully saturated rings. The Morgan fingerprint density at radius 3 is 2.74 bits per heavy atom. The van der Waals surface area contributed by atoms with Crippen LogP contribution in [0, 0.1) is 5.92 Å². The minimum absolute atomic E-state index is 0.149. The van der Waals surface area contributed by atoms with Crippen molar-refractivity contribution in [3.05, 3.63) is 28.2 Å². The van der Waals surface area contributed by atoms with Gasteiger partial charge < -0.3 is 10.2 Å². The van der Waals surface area contributed by atoms with Gasteiger partial charge in [0, 0.05) is 23.2 Å². The van der Waals surface area contributed by atoms with Crippen molar-refractivity contribution in [1.29, 1.82) is 0 Å². The van der Waals surface area contributed by atoms with E-state index in [2.05, 4.69) is 26.1 Å². The van der Waals surface area contributed by atoms with E-state index in [1.807, 2.05) is 7.05 Å². The molecule has 1 saturated heterocycles. The van der Waals surface area contributed by atoms with E-state index in [9.17, 15) is 13.2 Å². The van der Waals surface area contributed by atoms with Gasteiger partial charge in [-0.3, -0.25) is 0 Å². The van der Waals surface area contributed by atoms with Crippen molar-refractivity contribution in [2.45, 2.75) is 12.6 Å². The van der Waals surface area contributed by atoms with Crippen molar-refractivity contribution in [3.63, 3.8) is 0 Å². The van der Waals surface area contributed by atoms with Crippen LogP contribution in [-0.4, -0.2) is 31.6 Å². The molecular weight excluding hydrogens is 321 g/mol. The number of alkyl halides is 3. The monoisotopic (exact) mass is 336 g/mol. The zero-order valence-electron chi connectivity index (χ0n) is 10.6. The minimum Gasteiger partial charge on any atom is -0.384 e. The van der Waals surface area contributed by atoms with Crippen molar-refractivity contribution < 1.29 is 13.2 Å². The van der Waals surface area contributed by atoms with Crippen LogP contribution in [0.15, 0.2) is 22.7 Å². The lowest BCUT2D eigenvalue weighted by Gasteiger charge is -2.17. The fraction of sp³-hybridized carbons (Fsp3) is 0.538. The van der Waals surface area contributed by atoms with Crippen molar-refractivity contribution in [2.24, 2.45) is 5.92 Å². The van der Waals surface area contributed by atoms with Crippen molar-refractivity contribution >= 4 is 21.6 Å². The molecule has 0 amide bonds.